The minimum atomic E-state index is -0.107. The van der Waals surface area contributed by atoms with E-state index in [0.717, 1.165) is 31.2 Å². The number of nitrogens with zero attached hydrogens (tertiary/aromatic N) is 2. The van der Waals surface area contributed by atoms with Gasteiger partial charge in [-0.25, -0.2) is 0 Å². The number of aliphatic imine (C=N–C) groups is 1. The summed E-state index contributed by atoms with van der Waals surface area (Å²) in [5, 5.41) is 6.43. The van der Waals surface area contributed by atoms with Crippen LogP contribution in [0.1, 0.15) is 54.4 Å². The highest BCUT2D eigenvalue weighted by Gasteiger charge is 2.18. The number of rotatable bonds is 8. The van der Waals surface area contributed by atoms with Crippen molar-refractivity contribution in [2.24, 2.45) is 4.99 Å². The van der Waals surface area contributed by atoms with Gasteiger partial charge in [0.15, 0.2) is 5.96 Å². The topological polar surface area (TPSA) is 83.0 Å². The number of hydrogen-bond donors (Lipinski definition) is 2. The van der Waals surface area contributed by atoms with Gasteiger partial charge in [-0.05, 0) is 49.8 Å². The molecule has 0 atom stereocenters. The zero-order valence-electron chi connectivity index (χ0n) is 17.6. The van der Waals surface area contributed by atoms with Crippen molar-refractivity contribution in [1.29, 1.82) is 0 Å². The first-order valence-corrected chi connectivity index (χ1v) is 9.94. The van der Waals surface area contributed by atoms with Crippen LogP contribution >= 0.6 is 24.0 Å². The molecule has 0 aliphatic heterocycles. The molecule has 0 saturated heterocycles. The van der Waals surface area contributed by atoms with Crippen LogP contribution in [0, 0.1) is 0 Å². The lowest BCUT2D eigenvalue weighted by Gasteiger charge is -2.14. The first-order chi connectivity index (χ1) is 13.5. The maximum atomic E-state index is 11.9. The van der Waals surface area contributed by atoms with Gasteiger partial charge in [0, 0.05) is 46.2 Å². The Morgan fingerprint density at radius 1 is 1.14 bits per heavy atom. The van der Waals surface area contributed by atoms with E-state index in [1.807, 2.05) is 24.3 Å². The third kappa shape index (κ3) is 9.01. The van der Waals surface area contributed by atoms with Gasteiger partial charge in [-0.3, -0.25) is 14.6 Å². The zero-order chi connectivity index (χ0) is 20.4. The van der Waals surface area contributed by atoms with Gasteiger partial charge < -0.3 is 20.3 Å². The van der Waals surface area contributed by atoms with Crippen LogP contribution in [0.4, 0.5) is 0 Å². The lowest BCUT2D eigenvalue weighted by atomic mass is 10.1. The van der Waals surface area contributed by atoms with Crippen LogP contribution in [-0.4, -0.2) is 56.5 Å². The highest BCUT2D eigenvalue weighted by atomic mass is 127. The lowest BCUT2D eigenvalue weighted by molar-refractivity contribution is -0.148. The molecule has 0 heterocycles. The van der Waals surface area contributed by atoms with Gasteiger partial charge in [-0.15, -0.1) is 24.0 Å². The minimum Gasteiger partial charge on any atom is -0.462 e. The number of amides is 1. The number of halogens is 1. The number of carbonyl (C=O) groups excluding carboxylic acids is 2. The molecule has 0 unspecified atom stereocenters. The number of nitrogens with one attached hydrogen (secondary N) is 2. The molecule has 2 rings (SSSR count). The average molecular weight is 516 g/mol. The van der Waals surface area contributed by atoms with Gasteiger partial charge >= 0.3 is 5.97 Å². The van der Waals surface area contributed by atoms with Crippen LogP contribution in [0.5, 0.6) is 0 Å². The van der Waals surface area contributed by atoms with Gasteiger partial charge in [-0.1, -0.05) is 12.1 Å². The highest BCUT2D eigenvalue weighted by molar-refractivity contribution is 14.0. The van der Waals surface area contributed by atoms with E-state index in [9.17, 15) is 9.59 Å². The summed E-state index contributed by atoms with van der Waals surface area (Å²) >= 11 is 0. The fraction of sp³-hybridized carbons (Fsp3) is 0.571. The molecular formula is C21H33IN4O3. The van der Waals surface area contributed by atoms with Crippen molar-refractivity contribution in [1.82, 2.24) is 15.5 Å². The van der Waals surface area contributed by atoms with Gasteiger partial charge in [0.05, 0.1) is 0 Å². The molecule has 162 valence electrons. The molecule has 1 amide bonds. The number of ether oxygens (including phenoxy) is 1. The molecule has 0 spiro atoms. The number of guanidine groups is 1. The summed E-state index contributed by atoms with van der Waals surface area (Å²) < 4.78 is 5.45. The summed E-state index contributed by atoms with van der Waals surface area (Å²) in [5.41, 5.74) is 1.72. The SMILES string of the molecule is CN=C(NCCCC(=O)OC1CCCC1)NCc1ccc(C(=O)N(C)C)cc1.I. The van der Waals surface area contributed by atoms with Crippen LogP contribution in [0.2, 0.25) is 0 Å². The van der Waals surface area contributed by atoms with Crippen LogP contribution in [0.25, 0.3) is 0 Å². The van der Waals surface area contributed by atoms with Gasteiger partial charge in [-0.2, -0.15) is 0 Å². The van der Waals surface area contributed by atoms with E-state index in [2.05, 4.69) is 15.6 Å². The Morgan fingerprint density at radius 3 is 2.38 bits per heavy atom. The van der Waals surface area contributed by atoms with Gasteiger partial charge in [0.25, 0.3) is 5.91 Å². The van der Waals surface area contributed by atoms with E-state index in [4.69, 9.17) is 4.74 Å². The molecular weight excluding hydrogens is 483 g/mol. The normalized spacial score (nSPS) is 14.1. The fourth-order valence-electron chi connectivity index (χ4n) is 3.12. The van der Waals surface area contributed by atoms with E-state index in [0.29, 0.717) is 37.5 Å². The minimum absolute atomic E-state index is 0. The van der Waals surface area contributed by atoms with Crippen molar-refractivity contribution in [3.63, 3.8) is 0 Å². The quantitative estimate of drug-likeness (QED) is 0.183. The van der Waals surface area contributed by atoms with Crippen LogP contribution in [0.15, 0.2) is 29.3 Å². The predicted molar refractivity (Wildman–Crippen MR) is 126 cm³/mol. The molecule has 1 aliphatic rings. The van der Waals surface area contributed by atoms with E-state index >= 15 is 0 Å². The molecule has 29 heavy (non-hydrogen) atoms. The van der Waals surface area contributed by atoms with E-state index < -0.39 is 0 Å². The molecule has 7 nitrogen and oxygen atoms in total. The molecule has 1 saturated carbocycles. The molecule has 0 aromatic heterocycles. The highest BCUT2D eigenvalue weighted by Crippen LogP contribution is 2.21. The van der Waals surface area contributed by atoms with Crippen LogP contribution in [-0.2, 0) is 16.1 Å². The summed E-state index contributed by atoms with van der Waals surface area (Å²) in [5.74, 6) is 0.560. The maximum Gasteiger partial charge on any atom is 0.306 e. The number of esters is 1. The van der Waals surface area contributed by atoms with Crippen molar-refractivity contribution < 1.29 is 14.3 Å². The van der Waals surface area contributed by atoms with E-state index in [1.54, 1.807) is 26.0 Å². The Hall–Kier alpha value is -1.84. The smallest absolute Gasteiger partial charge is 0.306 e. The summed E-state index contributed by atoms with van der Waals surface area (Å²) in [6.07, 6.45) is 5.59. The Bertz CT molecular complexity index is 671. The molecule has 1 fully saturated rings. The second kappa shape index (κ2) is 13.4. The second-order valence-corrected chi connectivity index (χ2v) is 7.25. The molecule has 0 radical (unpaired) electrons. The van der Waals surface area contributed by atoms with Crippen molar-refractivity contribution in [2.75, 3.05) is 27.7 Å². The average Bonchev–Trinajstić information content (AvgIpc) is 3.20. The van der Waals surface area contributed by atoms with E-state index in [1.165, 1.54) is 0 Å². The summed E-state index contributed by atoms with van der Waals surface area (Å²) in [6, 6.07) is 7.50. The predicted octanol–water partition coefficient (Wildman–Crippen LogP) is 2.94. The van der Waals surface area contributed by atoms with Crippen molar-refractivity contribution in [3.05, 3.63) is 35.4 Å². The Kier molecular flexibility index (Phi) is 11.6. The largest absolute Gasteiger partial charge is 0.462 e. The number of carbonyl (C=O) groups is 2. The third-order valence-corrected chi connectivity index (χ3v) is 4.74. The standard InChI is InChI=1S/C21H32N4O3.HI/c1-22-21(23-14-6-9-19(26)28-18-7-4-5-8-18)24-15-16-10-12-17(13-11-16)20(27)25(2)3;/h10-13,18H,4-9,14-15H2,1-3H3,(H2,22,23,24);1H. The number of hydrogen-bond acceptors (Lipinski definition) is 4. The first-order valence-electron chi connectivity index (χ1n) is 9.94. The van der Waals surface area contributed by atoms with Crippen LogP contribution in [0.3, 0.4) is 0 Å². The van der Waals surface area contributed by atoms with Crippen LogP contribution < -0.4 is 10.6 Å². The number of benzene rings is 1. The van der Waals surface area contributed by atoms with Crippen molar-refractivity contribution in [2.45, 2.75) is 51.2 Å². The van der Waals surface area contributed by atoms with Gasteiger partial charge in [0.2, 0.25) is 0 Å². The van der Waals surface area contributed by atoms with E-state index in [-0.39, 0.29) is 42.0 Å². The fourth-order valence-corrected chi connectivity index (χ4v) is 3.12. The summed E-state index contributed by atoms with van der Waals surface area (Å²) in [7, 11) is 5.19. The molecule has 0 bridgehead atoms. The van der Waals surface area contributed by atoms with Gasteiger partial charge in [0.1, 0.15) is 6.10 Å². The first kappa shape index (κ1) is 25.2. The second-order valence-electron chi connectivity index (χ2n) is 7.25. The Labute approximate surface area is 190 Å². The monoisotopic (exact) mass is 516 g/mol. The molecule has 1 aliphatic carbocycles. The molecule has 8 heteroatoms. The van der Waals surface area contributed by atoms with Crippen molar-refractivity contribution in [3.8, 4) is 0 Å². The Balaban J connectivity index is 0.00000420. The zero-order valence-corrected chi connectivity index (χ0v) is 19.9. The molecule has 2 N–H and O–H groups in total. The summed E-state index contributed by atoms with van der Waals surface area (Å²) in [6.45, 7) is 1.25. The third-order valence-electron chi connectivity index (χ3n) is 4.74. The molecule has 1 aromatic rings. The maximum absolute atomic E-state index is 11.9. The Morgan fingerprint density at radius 2 is 1.79 bits per heavy atom. The van der Waals surface area contributed by atoms with Crippen molar-refractivity contribution >= 4 is 41.8 Å². The summed E-state index contributed by atoms with van der Waals surface area (Å²) in [4.78, 5) is 29.5. The lowest BCUT2D eigenvalue weighted by Crippen LogP contribution is -2.37. The molecule has 1 aromatic carbocycles.